The van der Waals surface area contributed by atoms with E-state index in [-0.39, 0.29) is 36.2 Å². The van der Waals surface area contributed by atoms with E-state index in [0.29, 0.717) is 34.5 Å². The summed E-state index contributed by atoms with van der Waals surface area (Å²) in [6.07, 6.45) is 3.73. The van der Waals surface area contributed by atoms with Gasteiger partial charge >= 0.3 is 0 Å². The van der Waals surface area contributed by atoms with E-state index in [1.807, 2.05) is 31.2 Å². The van der Waals surface area contributed by atoms with Crippen molar-refractivity contribution in [3.63, 3.8) is 0 Å². The Kier molecular flexibility index (Phi) is 7.42. The van der Waals surface area contributed by atoms with Gasteiger partial charge in [0.2, 0.25) is 11.8 Å². The Balaban J connectivity index is 1.34. The summed E-state index contributed by atoms with van der Waals surface area (Å²) in [5.74, 6) is -0.894. The fourth-order valence-corrected chi connectivity index (χ4v) is 6.62. The number of amides is 2. The van der Waals surface area contributed by atoms with E-state index in [1.54, 1.807) is 18.2 Å². The van der Waals surface area contributed by atoms with E-state index in [0.717, 1.165) is 28.7 Å². The van der Waals surface area contributed by atoms with E-state index in [4.69, 9.17) is 9.47 Å². The summed E-state index contributed by atoms with van der Waals surface area (Å²) < 4.78 is 12.2. The molecule has 8 heteroatoms. The fourth-order valence-electron chi connectivity index (χ4n) is 6.00. The van der Waals surface area contributed by atoms with Gasteiger partial charge < -0.3 is 19.7 Å². The molecule has 4 atom stereocenters. The molecule has 0 unspecified atom stereocenters. The molecule has 0 bridgehead atoms. The summed E-state index contributed by atoms with van der Waals surface area (Å²) in [5, 5.41) is 20.3. The molecule has 194 valence electrons. The van der Waals surface area contributed by atoms with Gasteiger partial charge in [-0.1, -0.05) is 29.8 Å². The highest BCUT2D eigenvalue weighted by Gasteiger charge is 2.57. The Bertz CT molecular complexity index is 1290. The number of phenols is 1. The van der Waals surface area contributed by atoms with Gasteiger partial charge in [-0.2, -0.15) is 0 Å². The molecule has 2 saturated heterocycles. The number of aliphatic hydroxyl groups excluding tert-OH is 1. The third-order valence-electron chi connectivity index (χ3n) is 7.70. The van der Waals surface area contributed by atoms with Crippen LogP contribution in [0.5, 0.6) is 11.5 Å². The summed E-state index contributed by atoms with van der Waals surface area (Å²) in [5.41, 5.74) is 4.51. The molecule has 0 aromatic heterocycles. The first kappa shape index (κ1) is 25.9. The van der Waals surface area contributed by atoms with Crippen LogP contribution >= 0.6 is 22.6 Å². The van der Waals surface area contributed by atoms with Crippen LogP contribution in [0, 0.1) is 21.3 Å². The number of halogens is 1. The average Bonchev–Trinajstić information content (AvgIpc) is 3.43. The zero-order valence-electron chi connectivity index (χ0n) is 20.8. The zero-order chi connectivity index (χ0) is 26.3. The lowest BCUT2D eigenvalue weighted by molar-refractivity contribution is -0.122. The Labute approximate surface area is 229 Å². The first-order valence-corrected chi connectivity index (χ1v) is 13.5. The van der Waals surface area contributed by atoms with Gasteiger partial charge in [0.25, 0.3) is 0 Å². The quantitative estimate of drug-likeness (QED) is 0.267. The number of carbonyl (C=O) groups excluding carboxylic acids is 2. The van der Waals surface area contributed by atoms with Crippen molar-refractivity contribution < 1.29 is 29.3 Å². The number of anilines is 1. The minimum atomic E-state index is -0.459. The first-order chi connectivity index (χ1) is 17.8. The average molecular weight is 615 g/mol. The maximum atomic E-state index is 13.5. The summed E-state index contributed by atoms with van der Waals surface area (Å²) >= 11 is 2.08. The van der Waals surface area contributed by atoms with Gasteiger partial charge in [0.1, 0.15) is 0 Å². The third-order valence-corrected chi connectivity index (χ3v) is 8.52. The number of benzene rings is 2. The Morgan fingerprint density at radius 3 is 2.65 bits per heavy atom. The topological polar surface area (TPSA) is 96.3 Å². The van der Waals surface area contributed by atoms with Gasteiger partial charge in [0.05, 0.1) is 47.5 Å². The van der Waals surface area contributed by atoms with Crippen LogP contribution in [0.1, 0.15) is 31.7 Å². The number of nitrogens with zero attached hydrogens (tertiary/aromatic N) is 1. The predicted octanol–water partition coefficient (Wildman–Crippen LogP) is 4.70. The lowest BCUT2D eigenvalue weighted by Gasteiger charge is -2.31. The Hall–Kier alpha value is -2.69. The molecule has 0 radical (unpaired) electrons. The second-order valence-corrected chi connectivity index (χ2v) is 11.1. The van der Waals surface area contributed by atoms with Gasteiger partial charge in [-0.25, -0.2) is 0 Å². The van der Waals surface area contributed by atoms with Crippen molar-refractivity contribution in [3.8, 4) is 11.5 Å². The van der Waals surface area contributed by atoms with Crippen molar-refractivity contribution in [2.75, 3.05) is 25.2 Å². The number of aromatic hydroxyl groups is 1. The molecular weight excluding hydrogens is 585 g/mol. The molecule has 37 heavy (non-hydrogen) atoms. The standard InChI is InChI=1S/C29H30INO6/c1-16(10-17-11-22(30)27(33)24(12-17)36-2)8-9-23-25-18(14-32)13-20-26(21(25)15-37-23)29(35)31(28(20)34)19-6-4-3-5-7-19/h3-7,10-12,20-21,23,26,32-33H,8-9,13-15H2,1-2H3/b16-10+/t20-,21+,23-,26-/m1/s1. The summed E-state index contributed by atoms with van der Waals surface area (Å²) in [6.45, 7) is 2.29. The molecule has 2 N–H and O–H groups in total. The highest BCUT2D eigenvalue weighted by atomic mass is 127. The molecule has 3 aliphatic rings. The number of hydrogen-bond donors (Lipinski definition) is 2. The van der Waals surface area contributed by atoms with Crippen molar-refractivity contribution in [1.29, 1.82) is 0 Å². The maximum absolute atomic E-state index is 13.5. The third kappa shape index (κ3) is 4.70. The molecule has 2 aromatic rings. The minimum absolute atomic E-state index is 0.133. The molecule has 2 amide bonds. The fraction of sp³-hybridized carbons (Fsp3) is 0.379. The van der Waals surface area contributed by atoms with E-state index in [9.17, 15) is 19.8 Å². The monoisotopic (exact) mass is 615 g/mol. The van der Waals surface area contributed by atoms with E-state index < -0.39 is 11.8 Å². The van der Waals surface area contributed by atoms with Crippen LogP contribution in [-0.2, 0) is 14.3 Å². The number of allylic oxidation sites excluding steroid dienone is 1. The SMILES string of the molecule is COc1cc(/C=C(\C)CC[C@H]2OC[C@H]3C2=C(CO)C[C@H]2C(=O)N(c4ccccc4)C(=O)[C@H]23)cc(I)c1O. The number of aliphatic hydroxyl groups is 1. The zero-order valence-corrected chi connectivity index (χ0v) is 23.0. The van der Waals surface area contributed by atoms with Crippen molar-refractivity contribution >= 4 is 46.2 Å². The second-order valence-electron chi connectivity index (χ2n) is 9.91. The number of rotatable bonds is 7. The lowest BCUT2D eigenvalue weighted by atomic mass is 9.69. The van der Waals surface area contributed by atoms with Crippen LogP contribution in [0.2, 0.25) is 0 Å². The van der Waals surface area contributed by atoms with Crippen LogP contribution in [0.25, 0.3) is 6.08 Å². The molecule has 1 aliphatic carbocycles. The van der Waals surface area contributed by atoms with E-state index in [2.05, 4.69) is 28.7 Å². The normalized spacial score (nSPS) is 25.5. The number of hydrogen-bond acceptors (Lipinski definition) is 6. The molecule has 2 heterocycles. The van der Waals surface area contributed by atoms with Crippen LogP contribution in [-0.4, -0.2) is 48.5 Å². The van der Waals surface area contributed by atoms with Crippen LogP contribution < -0.4 is 9.64 Å². The van der Waals surface area contributed by atoms with Gasteiger partial charge in [-0.3, -0.25) is 14.5 Å². The van der Waals surface area contributed by atoms with Crippen LogP contribution in [0.15, 0.2) is 59.2 Å². The van der Waals surface area contributed by atoms with Gasteiger partial charge in [0.15, 0.2) is 11.5 Å². The number of methoxy groups -OCH3 is 1. The molecule has 2 aromatic carbocycles. The first-order valence-electron chi connectivity index (χ1n) is 12.4. The molecule has 5 rings (SSSR count). The van der Waals surface area contributed by atoms with Crippen LogP contribution in [0.3, 0.4) is 0 Å². The summed E-state index contributed by atoms with van der Waals surface area (Å²) in [7, 11) is 1.53. The molecule has 0 saturated carbocycles. The predicted molar refractivity (Wildman–Crippen MR) is 148 cm³/mol. The van der Waals surface area contributed by atoms with Crippen molar-refractivity contribution in [1.82, 2.24) is 0 Å². The Morgan fingerprint density at radius 2 is 1.95 bits per heavy atom. The van der Waals surface area contributed by atoms with E-state index >= 15 is 0 Å². The minimum Gasteiger partial charge on any atom is -0.504 e. The molecule has 0 spiro atoms. The molecule has 7 nitrogen and oxygen atoms in total. The number of para-hydroxylation sites is 1. The summed E-state index contributed by atoms with van der Waals surface area (Å²) in [6, 6.07) is 12.8. The number of phenolic OH excluding ortho intramolecular Hbond substituents is 1. The summed E-state index contributed by atoms with van der Waals surface area (Å²) in [4.78, 5) is 28.1. The van der Waals surface area contributed by atoms with Gasteiger partial charge in [-0.15, -0.1) is 0 Å². The molecule has 2 fully saturated rings. The smallest absolute Gasteiger partial charge is 0.238 e. The highest BCUT2D eigenvalue weighted by Crippen LogP contribution is 2.50. The molecular formula is C29H30INO6. The number of carbonyl (C=O) groups is 2. The van der Waals surface area contributed by atoms with E-state index in [1.165, 1.54) is 12.0 Å². The molecule has 2 aliphatic heterocycles. The highest BCUT2D eigenvalue weighted by molar-refractivity contribution is 14.1. The van der Waals surface area contributed by atoms with Crippen LogP contribution in [0.4, 0.5) is 5.69 Å². The number of fused-ring (bicyclic) bond motifs is 3. The van der Waals surface area contributed by atoms with Gasteiger partial charge in [-0.05, 0) is 89.8 Å². The Morgan fingerprint density at radius 1 is 1.19 bits per heavy atom. The van der Waals surface area contributed by atoms with Crippen molar-refractivity contribution in [3.05, 3.63) is 68.3 Å². The largest absolute Gasteiger partial charge is 0.504 e. The van der Waals surface area contributed by atoms with Crippen molar-refractivity contribution in [2.24, 2.45) is 17.8 Å². The van der Waals surface area contributed by atoms with Crippen molar-refractivity contribution in [2.45, 2.75) is 32.3 Å². The number of imide groups is 1. The lowest BCUT2D eigenvalue weighted by Crippen LogP contribution is -2.35. The maximum Gasteiger partial charge on any atom is 0.238 e. The second kappa shape index (κ2) is 10.6. The number of ether oxygens (including phenoxy) is 2. The van der Waals surface area contributed by atoms with Gasteiger partial charge in [0, 0.05) is 5.92 Å².